The number of halogens is 3. The zero-order chi connectivity index (χ0) is 25.4. The van der Waals surface area contributed by atoms with Crippen molar-refractivity contribution in [1.29, 1.82) is 0 Å². The second-order valence-corrected chi connectivity index (χ2v) is 9.68. The van der Waals surface area contributed by atoms with Crippen molar-refractivity contribution in [2.75, 3.05) is 57.4 Å². The molecule has 0 unspecified atom stereocenters. The maximum absolute atomic E-state index is 13.5. The Kier molecular flexibility index (Phi) is 6.70. The van der Waals surface area contributed by atoms with Gasteiger partial charge in [-0.05, 0) is 56.3 Å². The van der Waals surface area contributed by atoms with Crippen molar-refractivity contribution in [2.24, 2.45) is 0 Å². The van der Waals surface area contributed by atoms with Gasteiger partial charge in [-0.1, -0.05) is 6.07 Å². The van der Waals surface area contributed by atoms with Gasteiger partial charge in [0.25, 0.3) is 5.91 Å². The number of hydrogen-bond acceptors (Lipinski definition) is 4. The number of fused-ring (bicyclic) bond motifs is 1. The third-order valence-corrected chi connectivity index (χ3v) is 7.13. The number of ether oxygens (including phenoxy) is 1. The van der Waals surface area contributed by atoms with E-state index in [1.165, 1.54) is 12.1 Å². The molecule has 0 radical (unpaired) electrons. The summed E-state index contributed by atoms with van der Waals surface area (Å²) in [5, 5.41) is 0.820. The number of carbonyl (C=O) groups excluding carboxylic acids is 1. The highest BCUT2D eigenvalue weighted by Gasteiger charge is 2.31. The molecule has 2 fully saturated rings. The lowest BCUT2D eigenvalue weighted by Gasteiger charge is -2.37. The molecule has 0 spiro atoms. The lowest BCUT2D eigenvalue weighted by molar-refractivity contribution is -0.137. The van der Waals surface area contributed by atoms with Crippen LogP contribution in [0.1, 0.15) is 29.8 Å². The maximum atomic E-state index is 13.5. The monoisotopic (exact) mass is 500 g/mol. The van der Waals surface area contributed by atoms with Crippen LogP contribution in [0.25, 0.3) is 16.6 Å². The quantitative estimate of drug-likeness (QED) is 0.523. The summed E-state index contributed by atoms with van der Waals surface area (Å²) >= 11 is 0. The summed E-state index contributed by atoms with van der Waals surface area (Å²) in [6.07, 6.45) is -4.43. The summed E-state index contributed by atoms with van der Waals surface area (Å²) in [7, 11) is 0. The summed E-state index contributed by atoms with van der Waals surface area (Å²) in [5.74, 6) is 0.780. The summed E-state index contributed by atoms with van der Waals surface area (Å²) in [5.41, 5.74) is 1.10. The fourth-order valence-electron chi connectivity index (χ4n) is 5.08. The summed E-state index contributed by atoms with van der Waals surface area (Å²) in [6.45, 7) is 9.75. The fraction of sp³-hybridized carbons (Fsp3) is 0.444. The number of anilines is 1. The molecule has 5 rings (SSSR count). The average molecular weight is 501 g/mol. The lowest BCUT2D eigenvalue weighted by atomic mass is 10.1. The zero-order valence-electron chi connectivity index (χ0n) is 20.6. The Labute approximate surface area is 208 Å². The highest BCUT2D eigenvalue weighted by Crippen LogP contribution is 2.35. The van der Waals surface area contributed by atoms with Crippen LogP contribution in [0.4, 0.5) is 19.0 Å². The Morgan fingerprint density at radius 2 is 1.64 bits per heavy atom. The van der Waals surface area contributed by atoms with E-state index < -0.39 is 11.7 Å². The van der Waals surface area contributed by atoms with Gasteiger partial charge >= 0.3 is 6.18 Å². The molecule has 3 heterocycles. The maximum Gasteiger partial charge on any atom is 0.416 e. The number of piperazine rings is 1. The molecule has 1 amide bonds. The predicted octanol–water partition coefficient (Wildman–Crippen LogP) is 4.65. The number of morpholine rings is 1. The second-order valence-electron chi connectivity index (χ2n) is 9.68. The van der Waals surface area contributed by atoms with Crippen molar-refractivity contribution in [3.8, 4) is 5.69 Å². The normalized spacial score (nSPS) is 17.8. The van der Waals surface area contributed by atoms with Crippen molar-refractivity contribution < 1.29 is 22.7 Å². The van der Waals surface area contributed by atoms with E-state index in [0.29, 0.717) is 56.7 Å². The van der Waals surface area contributed by atoms with Crippen LogP contribution in [-0.4, -0.2) is 78.8 Å². The van der Waals surface area contributed by atoms with Crippen LogP contribution in [0.2, 0.25) is 0 Å². The van der Waals surface area contributed by atoms with E-state index >= 15 is 0 Å². The highest BCUT2D eigenvalue weighted by molar-refractivity contribution is 5.99. The number of hydrogen-bond donors (Lipinski definition) is 0. The van der Waals surface area contributed by atoms with Crippen LogP contribution < -0.4 is 4.90 Å². The Morgan fingerprint density at radius 1 is 0.917 bits per heavy atom. The topological polar surface area (TPSA) is 40.9 Å². The minimum Gasteiger partial charge on any atom is -0.378 e. The van der Waals surface area contributed by atoms with Gasteiger partial charge in [0, 0.05) is 61.9 Å². The van der Waals surface area contributed by atoms with E-state index in [0.717, 1.165) is 35.9 Å². The first-order valence-corrected chi connectivity index (χ1v) is 12.4. The number of alkyl halides is 3. The van der Waals surface area contributed by atoms with Crippen molar-refractivity contribution in [3.05, 3.63) is 59.7 Å². The van der Waals surface area contributed by atoms with Crippen LogP contribution >= 0.6 is 0 Å². The largest absolute Gasteiger partial charge is 0.416 e. The van der Waals surface area contributed by atoms with Gasteiger partial charge in [-0.15, -0.1) is 0 Å². The number of nitrogens with zero attached hydrogens (tertiary/aromatic N) is 4. The Morgan fingerprint density at radius 3 is 2.31 bits per heavy atom. The number of benzene rings is 2. The second kappa shape index (κ2) is 9.78. The molecule has 0 N–H and O–H groups in total. The van der Waals surface area contributed by atoms with Crippen molar-refractivity contribution >= 4 is 22.6 Å². The van der Waals surface area contributed by atoms with Gasteiger partial charge in [0.1, 0.15) is 5.82 Å². The van der Waals surface area contributed by atoms with Crippen LogP contribution in [0.5, 0.6) is 0 Å². The molecule has 2 aliphatic rings. The SMILES string of the molecule is CC(C)N1CCN(C(=O)c2ccc3c(c2)cc(N2CCOCC2)n3-c2cccc(C(F)(F)F)c2)CC1. The molecule has 2 saturated heterocycles. The van der Waals surface area contributed by atoms with Crippen LogP contribution in [0, 0.1) is 0 Å². The van der Waals surface area contributed by atoms with Gasteiger partial charge in [-0.25, -0.2) is 0 Å². The molecule has 1 aromatic heterocycles. The van der Waals surface area contributed by atoms with Crippen LogP contribution in [0.15, 0.2) is 48.5 Å². The first-order chi connectivity index (χ1) is 17.2. The molecule has 2 aromatic carbocycles. The fourth-order valence-corrected chi connectivity index (χ4v) is 5.08. The molecule has 0 atom stereocenters. The van der Waals surface area contributed by atoms with E-state index in [1.807, 2.05) is 27.7 Å². The third-order valence-electron chi connectivity index (χ3n) is 7.13. The number of amides is 1. The Hall–Kier alpha value is -3.04. The number of aromatic nitrogens is 1. The van der Waals surface area contributed by atoms with E-state index in [9.17, 15) is 18.0 Å². The summed E-state index contributed by atoms with van der Waals surface area (Å²) < 4.78 is 47.8. The molecular weight excluding hydrogens is 469 g/mol. The molecular formula is C27H31F3N4O2. The highest BCUT2D eigenvalue weighted by atomic mass is 19.4. The zero-order valence-corrected chi connectivity index (χ0v) is 20.6. The smallest absolute Gasteiger partial charge is 0.378 e. The van der Waals surface area contributed by atoms with Crippen LogP contribution in [-0.2, 0) is 10.9 Å². The first-order valence-electron chi connectivity index (χ1n) is 12.4. The van der Waals surface area contributed by atoms with E-state index in [1.54, 1.807) is 12.1 Å². The summed E-state index contributed by atoms with van der Waals surface area (Å²) in [6, 6.07) is 13.3. The Balaban J connectivity index is 1.53. The number of carbonyl (C=O) groups is 1. The van der Waals surface area contributed by atoms with Gasteiger partial charge in [0.05, 0.1) is 24.3 Å². The van der Waals surface area contributed by atoms with Gasteiger partial charge in [-0.2, -0.15) is 13.2 Å². The van der Waals surface area contributed by atoms with Crippen molar-refractivity contribution in [1.82, 2.24) is 14.4 Å². The molecule has 0 bridgehead atoms. The van der Waals surface area contributed by atoms with Crippen molar-refractivity contribution in [3.63, 3.8) is 0 Å². The van der Waals surface area contributed by atoms with Gasteiger partial charge < -0.3 is 14.5 Å². The van der Waals surface area contributed by atoms with E-state index in [-0.39, 0.29) is 5.91 Å². The summed E-state index contributed by atoms with van der Waals surface area (Å²) in [4.78, 5) is 19.6. The minimum absolute atomic E-state index is 0.0138. The van der Waals surface area contributed by atoms with Gasteiger partial charge in [0.15, 0.2) is 0 Å². The third kappa shape index (κ3) is 4.82. The van der Waals surface area contributed by atoms with Crippen LogP contribution in [0.3, 0.4) is 0 Å². The molecule has 2 aliphatic heterocycles. The molecule has 6 nitrogen and oxygen atoms in total. The lowest BCUT2D eigenvalue weighted by Crippen LogP contribution is -2.50. The molecule has 9 heteroatoms. The minimum atomic E-state index is -4.43. The number of rotatable bonds is 4. The molecule has 36 heavy (non-hydrogen) atoms. The van der Waals surface area contributed by atoms with Gasteiger partial charge in [0.2, 0.25) is 0 Å². The predicted molar refractivity (Wildman–Crippen MR) is 134 cm³/mol. The standard InChI is InChI=1S/C27H31F3N4O2/c1-19(2)31-8-10-33(11-9-31)26(35)20-6-7-24-21(16-20)17-25(32-12-14-36-15-13-32)34(24)23-5-3-4-22(18-23)27(28,29)30/h3-7,16-19H,8-15H2,1-2H3. The molecule has 0 aliphatic carbocycles. The van der Waals surface area contributed by atoms with Gasteiger partial charge in [-0.3, -0.25) is 14.3 Å². The average Bonchev–Trinajstić information content (AvgIpc) is 3.27. The molecule has 192 valence electrons. The molecule has 3 aromatic rings. The first kappa shape index (κ1) is 24.6. The van der Waals surface area contributed by atoms with E-state index in [4.69, 9.17) is 4.74 Å². The molecule has 0 saturated carbocycles. The Bertz CT molecular complexity index is 1240. The van der Waals surface area contributed by atoms with Crippen molar-refractivity contribution in [2.45, 2.75) is 26.1 Å². The van der Waals surface area contributed by atoms with E-state index in [2.05, 4.69) is 23.6 Å².